The number of rotatable bonds is 5. The molecule has 0 aliphatic heterocycles. The first-order valence-electron chi connectivity index (χ1n) is 8.06. The van der Waals surface area contributed by atoms with Crippen molar-refractivity contribution >= 4 is 29.2 Å². The summed E-state index contributed by atoms with van der Waals surface area (Å²) in [6, 6.07) is 19.6. The average Bonchev–Trinajstić information content (AvgIpc) is 2.68. The summed E-state index contributed by atoms with van der Waals surface area (Å²) in [6.45, 7) is 2.04. The van der Waals surface area contributed by atoms with Crippen molar-refractivity contribution in [3.8, 4) is 17.3 Å². The van der Waals surface area contributed by atoms with Gasteiger partial charge in [0.1, 0.15) is 17.5 Å². The Bertz CT molecular complexity index is 937. The molecule has 3 rings (SSSR count). The fourth-order valence-corrected chi connectivity index (χ4v) is 3.08. The van der Waals surface area contributed by atoms with Crippen LogP contribution in [0.25, 0.3) is 11.3 Å². The third kappa shape index (κ3) is 3.98. The summed E-state index contributed by atoms with van der Waals surface area (Å²) in [4.78, 5) is 9.07. The summed E-state index contributed by atoms with van der Waals surface area (Å²) in [5, 5.41) is 14.4. The number of benzene rings is 2. The molecule has 26 heavy (non-hydrogen) atoms. The molecule has 1 heterocycles. The van der Waals surface area contributed by atoms with Crippen LogP contribution in [0.3, 0.4) is 0 Å². The molecular formula is C20H17ClN4S. The molecule has 0 saturated heterocycles. The number of hydrogen-bond donors (Lipinski definition) is 1. The quantitative estimate of drug-likeness (QED) is 0.463. The first-order chi connectivity index (χ1) is 12.6. The van der Waals surface area contributed by atoms with Gasteiger partial charge in [-0.05, 0) is 30.9 Å². The number of nitrogens with zero attached hydrogens (tertiary/aromatic N) is 3. The Hall–Kier alpha value is -2.55. The maximum Gasteiger partial charge on any atom is 0.189 e. The van der Waals surface area contributed by atoms with Crippen LogP contribution < -0.4 is 5.32 Å². The molecule has 0 amide bonds. The van der Waals surface area contributed by atoms with Crippen molar-refractivity contribution in [1.82, 2.24) is 9.97 Å². The first kappa shape index (κ1) is 18.2. The largest absolute Gasteiger partial charge is 0.362 e. The monoisotopic (exact) mass is 380 g/mol. The maximum atomic E-state index is 9.76. The lowest BCUT2D eigenvalue weighted by molar-refractivity contribution is 0.854. The standard InChI is InChI=1S/C20H17ClN4S/c1-13(14-6-4-3-5-7-14)23-19-17(12-22)18(24-20(25-19)26-2)15-8-10-16(21)11-9-15/h3-11,13H,1-2H3,(H,23,24,25)/t13-/m1/s1. The van der Waals surface area contributed by atoms with Crippen LogP contribution in [0.4, 0.5) is 5.82 Å². The zero-order chi connectivity index (χ0) is 18.5. The molecule has 0 radical (unpaired) electrons. The number of nitriles is 1. The van der Waals surface area contributed by atoms with Gasteiger partial charge >= 0.3 is 0 Å². The Balaban J connectivity index is 2.06. The van der Waals surface area contributed by atoms with Crippen LogP contribution in [0.15, 0.2) is 59.8 Å². The molecule has 0 unspecified atom stereocenters. The highest BCUT2D eigenvalue weighted by atomic mass is 35.5. The van der Waals surface area contributed by atoms with Crippen LogP contribution in [-0.4, -0.2) is 16.2 Å². The Morgan fingerprint density at radius 3 is 2.38 bits per heavy atom. The Morgan fingerprint density at radius 1 is 1.08 bits per heavy atom. The van der Waals surface area contributed by atoms with Crippen molar-refractivity contribution in [2.45, 2.75) is 18.1 Å². The van der Waals surface area contributed by atoms with E-state index in [1.807, 2.05) is 55.6 Å². The van der Waals surface area contributed by atoms with Crippen molar-refractivity contribution in [3.05, 3.63) is 70.7 Å². The van der Waals surface area contributed by atoms with Gasteiger partial charge in [-0.1, -0.05) is 65.8 Å². The van der Waals surface area contributed by atoms with Crippen LogP contribution in [-0.2, 0) is 0 Å². The number of thioether (sulfide) groups is 1. The van der Waals surface area contributed by atoms with Gasteiger partial charge in [-0.3, -0.25) is 0 Å². The van der Waals surface area contributed by atoms with Crippen molar-refractivity contribution < 1.29 is 0 Å². The maximum absolute atomic E-state index is 9.76. The molecule has 0 saturated carbocycles. The summed E-state index contributed by atoms with van der Waals surface area (Å²) >= 11 is 7.42. The van der Waals surface area contributed by atoms with E-state index in [9.17, 15) is 5.26 Å². The number of hydrogen-bond acceptors (Lipinski definition) is 5. The van der Waals surface area contributed by atoms with Gasteiger partial charge in [0, 0.05) is 16.6 Å². The lowest BCUT2D eigenvalue weighted by atomic mass is 10.1. The lowest BCUT2D eigenvalue weighted by Gasteiger charge is -2.17. The number of anilines is 1. The molecule has 1 atom stereocenters. The summed E-state index contributed by atoms with van der Waals surface area (Å²) in [6.07, 6.45) is 1.91. The molecular weight excluding hydrogens is 364 g/mol. The Morgan fingerprint density at radius 2 is 1.77 bits per heavy atom. The predicted molar refractivity (Wildman–Crippen MR) is 107 cm³/mol. The first-order valence-corrected chi connectivity index (χ1v) is 9.66. The van der Waals surface area contributed by atoms with Gasteiger partial charge in [-0.15, -0.1) is 0 Å². The normalized spacial score (nSPS) is 11.6. The van der Waals surface area contributed by atoms with E-state index in [1.165, 1.54) is 11.8 Å². The minimum atomic E-state index is 0.00553. The molecule has 2 aromatic carbocycles. The van der Waals surface area contributed by atoms with E-state index in [0.29, 0.717) is 27.3 Å². The fourth-order valence-electron chi connectivity index (χ4n) is 2.59. The topological polar surface area (TPSA) is 61.6 Å². The van der Waals surface area contributed by atoms with Crippen LogP contribution in [0, 0.1) is 11.3 Å². The van der Waals surface area contributed by atoms with E-state index in [1.54, 1.807) is 12.1 Å². The third-order valence-corrected chi connectivity index (χ3v) is 4.75. The lowest BCUT2D eigenvalue weighted by Crippen LogP contribution is -2.11. The molecule has 1 N–H and O–H groups in total. The smallest absolute Gasteiger partial charge is 0.189 e. The highest BCUT2D eigenvalue weighted by Crippen LogP contribution is 2.31. The van der Waals surface area contributed by atoms with Gasteiger partial charge in [0.2, 0.25) is 0 Å². The summed E-state index contributed by atoms with van der Waals surface area (Å²) in [7, 11) is 0. The van der Waals surface area contributed by atoms with Gasteiger partial charge in [0.15, 0.2) is 5.16 Å². The fraction of sp³-hybridized carbons (Fsp3) is 0.150. The van der Waals surface area contributed by atoms with E-state index in [2.05, 4.69) is 21.4 Å². The zero-order valence-electron chi connectivity index (χ0n) is 14.4. The van der Waals surface area contributed by atoms with Crippen molar-refractivity contribution in [1.29, 1.82) is 5.26 Å². The molecule has 0 spiro atoms. The zero-order valence-corrected chi connectivity index (χ0v) is 16.0. The minimum Gasteiger partial charge on any atom is -0.362 e. The van der Waals surface area contributed by atoms with Gasteiger partial charge in [-0.2, -0.15) is 5.26 Å². The summed E-state index contributed by atoms with van der Waals surface area (Å²) in [5.74, 6) is 0.535. The second-order valence-electron chi connectivity index (χ2n) is 5.68. The summed E-state index contributed by atoms with van der Waals surface area (Å²) in [5.41, 5.74) is 2.98. The summed E-state index contributed by atoms with van der Waals surface area (Å²) < 4.78 is 0. The highest BCUT2D eigenvalue weighted by molar-refractivity contribution is 7.98. The van der Waals surface area contributed by atoms with E-state index in [-0.39, 0.29) is 6.04 Å². The molecule has 0 fully saturated rings. The third-order valence-electron chi connectivity index (χ3n) is 3.95. The van der Waals surface area contributed by atoms with Crippen molar-refractivity contribution in [3.63, 3.8) is 0 Å². The number of halogens is 1. The van der Waals surface area contributed by atoms with Crippen molar-refractivity contribution in [2.24, 2.45) is 0 Å². The van der Waals surface area contributed by atoms with E-state index in [0.717, 1.165) is 11.1 Å². The van der Waals surface area contributed by atoms with Crippen LogP contribution in [0.2, 0.25) is 5.02 Å². The average molecular weight is 381 g/mol. The second kappa shape index (κ2) is 8.22. The van der Waals surface area contributed by atoms with Gasteiger partial charge in [0.25, 0.3) is 0 Å². The molecule has 0 aliphatic rings. The number of aromatic nitrogens is 2. The molecule has 1 aromatic heterocycles. The highest BCUT2D eigenvalue weighted by Gasteiger charge is 2.18. The van der Waals surface area contributed by atoms with Crippen LogP contribution in [0.1, 0.15) is 24.1 Å². The molecule has 0 aliphatic carbocycles. The Kier molecular flexibility index (Phi) is 5.77. The number of nitrogens with one attached hydrogen (secondary N) is 1. The van der Waals surface area contributed by atoms with Crippen LogP contribution in [0.5, 0.6) is 0 Å². The predicted octanol–water partition coefficient (Wildman–Crippen LogP) is 5.56. The van der Waals surface area contributed by atoms with E-state index >= 15 is 0 Å². The van der Waals surface area contributed by atoms with Gasteiger partial charge < -0.3 is 5.32 Å². The van der Waals surface area contributed by atoms with Gasteiger partial charge in [-0.25, -0.2) is 9.97 Å². The van der Waals surface area contributed by atoms with Crippen molar-refractivity contribution in [2.75, 3.05) is 11.6 Å². The van der Waals surface area contributed by atoms with Gasteiger partial charge in [0.05, 0.1) is 5.69 Å². The minimum absolute atomic E-state index is 0.00553. The Labute approximate surface area is 162 Å². The molecule has 6 heteroatoms. The van der Waals surface area contributed by atoms with Crippen LogP contribution >= 0.6 is 23.4 Å². The molecule has 0 bridgehead atoms. The SMILES string of the molecule is CSc1nc(N[C@H](C)c2ccccc2)c(C#N)c(-c2ccc(Cl)cc2)n1. The van der Waals surface area contributed by atoms with E-state index < -0.39 is 0 Å². The molecule has 4 nitrogen and oxygen atoms in total. The second-order valence-corrected chi connectivity index (χ2v) is 6.89. The molecule has 3 aromatic rings. The van der Waals surface area contributed by atoms with E-state index in [4.69, 9.17) is 11.6 Å². The molecule has 130 valence electrons.